The molecule has 1 aromatic rings. The van der Waals surface area contributed by atoms with Crippen molar-refractivity contribution in [2.45, 2.75) is 51.0 Å². The second kappa shape index (κ2) is 5.86. The quantitative estimate of drug-likeness (QED) is 0.858. The molecular weight excluding hydrogens is 274 g/mol. The lowest BCUT2D eigenvalue weighted by atomic mass is 9.76. The first-order chi connectivity index (χ1) is 9.38. The van der Waals surface area contributed by atoms with Crippen LogP contribution >= 0.6 is 11.6 Å². The van der Waals surface area contributed by atoms with Gasteiger partial charge in [0.1, 0.15) is 0 Å². The Balaban J connectivity index is 2.25. The summed E-state index contributed by atoms with van der Waals surface area (Å²) >= 11 is 6.27. The number of hydrogen-bond donors (Lipinski definition) is 0. The molecule has 0 bridgehead atoms. The smallest absolute Gasteiger partial charge is 0.159 e. The topological polar surface area (TPSA) is 38.1 Å². The molecule has 0 aliphatic heterocycles. The van der Waals surface area contributed by atoms with Crippen LogP contribution in [0.15, 0.2) is 0 Å². The summed E-state index contributed by atoms with van der Waals surface area (Å²) in [4.78, 5) is 15.0. The van der Waals surface area contributed by atoms with E-state index >= 15 is 0 Å². The molecule has 112 valence electrons. The zero-order chi connectivity index (χ0) is 14.9. The number of carbonyl (C=O) groups is 1. The van der Waals surface area contributed by atoms with E-state index in [1.54, 1.807) is 4.68 Å². The average molecular weight is 298 g/mol. The zero-order valence-corrected chi connectivity index (χ0v) is 13.6. The van der Waals surface area contributed by atoms with Crippen LogP contribution in [-0.2, 0) is 18.3 Å². The third-order valence-electron chi connectivity index (χ3n) is 4.65. The first-order valence-corrected chi connectivity index (χ1v) is 7.65. The van der Waals surface area contributed by atoms with Gasteiger partial charge in [-0.25, -0.2) is 0 Å². The fourth-order valence-electron chi connectivity index (χ4n) is 3.30. The summed E-state index contributed by atoms with van der Waals surface area (Å²) in [6, 6.07) is 0. The van der Waals surface area contributed by atoms with Crippen LogP contribution in [0.5, 0.6) is 0 Å². The fourth-order valence-corrected chi connectivity index (χ4v) is 3.53. The molecule has 20 heavy (non-hydrogen) atoms. The van der Waals surface area contributed by atoms with Gasteiger partial charge in [-0.15, -0.1) is 0 Å². The Kier molecular flexibility index (Phi) is 4.55. The van der Waals surface area contributed by atoms with Crippen molar-refractivity contribution in [2.75, 3.05) is 14.1 Å². The lowest BCUT2D eigenvalue weighted by Gasteiger charge is -2.41. The molecule has 4 nitrogen and oxygen atoms in total. The van der Waals surface area contributed by atoms with E-state index in [4.69, 9.17) is 11.6 Å². The second-order valence-corrected chi connectivity index (χ2v) is 6.43. The van der Waals surface area contributed by atoms with E-state index in [-0.39, 0.29) is 11.3 Å². The Hall–Kier alpha value is -0.870. The SMILES string of the molecule is Cc1nn(C)c(CC(=O)C2(N(C)C)CCCCC2)c1Cl. The summed E-state index contributed by atoms with van der Waals surface area (Å²) in [6.45, 7) is 1.87. The predicted octanol–water partition coefficient (Wildman–Crippen LogP) is 2.76. The Labute approximate surface area is 126 Å². The largest absolute Gasteiger partial charge is 0.297 e. The average Bonchev–Trinajstić information content (AvgIpc) is 2.66. The molecule has 5 heteroatoms. The van der Waals surface area contributed by atoms with Gasteiger partial charge in [-0.3, -0.25) is 14.4 Å². The summed E-state index contributed by atoms with van der Waals surface area (Å²) in [6.07, 6.45) is 5.76. The number of nitrogens with zero attached hydrogens (tertiary/aromatic N) is 3. The van der Waals surface area contributed by atoms with E-state index in [1.165, 1.54) is 6.42 Å². The standard InChI is InChI=1S/C15H24ClN3O/c1-11-14(16)12(19(4)17-11)10-13(20)15(18(2)3)8-6-5-7-9-15/h5-10H2,1-4H3. The summed E-state index contributed by atoms with van der Waals surface area (Å²) in [5.74, 6) is 0.270. The molecule has 0 N–H and O–H groups in total. The van der Waals surface area contributed by atoms with Gasteiger partial charge < -0.3 is 0 Å². The maximum absolute atomic E-state index is 12.9. The van der Waals surface area contributed by atoms with Crippen LogP contribution in [0.3, 0.4) is 0 Å². The van der Waals surface area contributed by atoms with Gasteiger partial charge in [-0.2, -0.15) is 5.10 Å². The normalized spacial score (nSPS) is 18.5. The number of aromatic nitrogens is 2. The van der Waals surface area contributed by atoms with Crippen molar-refractivity contribution in [2.24, 2.45) is 7.05 Å². The van der Waals surface area contributed by atoms with E-state index < -0.39 is 0 Å². The van der Waals surface area contributed by atoms with Crippen LogP contribution in [0, 0.1) is 6.92 Å². The molecule has 0 aromatic carbocycles. The minimum atomic E-state index is -0.320. The molecule has 1 aromatic heterocycles. The molecule has 0 unspecified atom stereocenters. The maximum atomic E-state index is 12.9. The van der Waals surface area contributed by atoms with Crippen LogP contribution in [0.25, 0.3) is 0 Å². The van der Waals surface area contributed by atoms with Crippen molar-refractivity contribution in [3.05, 3.63) is 16.4 Å². The number of likely N-dealkylation sites (N-methyl/N-ethyl adjacent to an activating group) is 1. The summed E-state index contributed by atoms with van der Waals surface area (Å²) < 4.78 is 1.74. The zero-order valence-electron chi connectivity index (χ0n) is 12.9. The van der Waals surface area contributed by atoms with Gasteiger partial charge in [0.2, 0.25) is 0 Å². The number of Topliss-reactive ketones (excluding diaryl/α,β-unsaturated/α-hetero) is 1. The van der Waals surface area contributed by atoms with Crippen molar-refractivity contribution in [1.29, 1.82) is 0 Å². The molecule has 0 spiro atoms. The van der Waals surface area contributed by atoms with E-state index in [1.807, 2.05) is 28.1 Å². The predicted molar refractivity (Wildman–Crippen MR) is 81.2 cm³/mol. The maximum Gasteiger partial charge on any atom is 0.159 e. The first-order valence-electron chi connectivity index (χ1n) is 7.27. The minimum Gasteiger partial charge on any atom is -0.297 e. The fraction of sp³-hybridized carbons (Fsp3) is 0.733. The van der Waals surface area contributed by atoms with Gasteiger partial charge in [-0.1, -0.05) is 30.9 Å². The van der Waals surface area contributed by atoms with Gasteiger partial charge in [0.25, 0.3) is 0 Å². The number of carbonyl (C=O) groups excluding carboxylic acids is 1. The molecule has 1 fully saturated rings. The molecular formula is C15H24ClN3O. The highest BCUT2D eigenvalue weighted by molar-refractivity contribution is 6.32. The molecule has 1 aliphatic rings. The first kappa shape index (κ1) is 15.5. The van der Waals surface area contributed by atoms with Crippen molar-refractivity contribution in [1.82, 2.24) is 14.7 Å². The van der Waals surface area contributed by atoms with Crippen molar-refractivity contribution in [3.63, 3.8) is 0 Å². The van der Waals surface area contributed by atoms with Crippen LogP contribution in [-0.4, -0.2) is 40.1 Å². The Morgan fingerprint density at radius 2 is 1.95 bits per heavy atom. The van der Waals surface area contributed by atoms with Crippen molar-refractivity contribution >= 4 is 17.4 Å². The molecule has 1 heterocycles. The van der Waals surface area contributed by atoms with Gasteiger partial charge in [0, 0.05) is 7.05 Å². The minimum absolute atomic E-state index is 0.270. The van der Waals surface area contributed by atoms with Crippen LogP contribution in [0.2, 0.25) is 5.02 Å². The number of hydrogen-bond acceptors (Lipinski definition) is 3. The van der Waals surface area contributed by atoms with Crippen molar-refractivity contribution < 1.29 is 4.79 Å². The van der Waals surface area contributed by atoms with E-state index in [2.05, 4.69) is 10.00 Å². The van der Waals surface area contributed by atoms with Crippen LogP contribution in [0.1, 0.15) is 43.5 Å². The number of aryl methyl sites for hydroxylation is 2. The second-order valence-electron chi connectivity index (χ2n) is 6.06. The van der Waals surface area contributed by atoms with Crippen LogP contribution in [0.4, 0.5) is 0 Å². The summed E-state index contributed by atoms with van der Waals surface area (Å²) in [5.41, 5.74) is 1.31. The molecule has 2 rings (SSSR count). The number of halogens is 1. The molecule has 1 aliphatic carbocycles. The highest BCUT2D eigenvalue weighted by Crippen LogP contribution is 2.34. The highest BCUT2D eigenvalue weighted by atomic mass is 35.5. The Morgan fingerprint density at radius 3 is 2.40 bits per heavy atom. The van der Waals surface area contributed by atoms with Gasteiger partial charge in [0.05, 0.1) is 28.4 Å². The molecule has 0 saturated heterocycles. The Morgan fingerprint density at radius 1 is 1.35 bits per heavy atom. The third-order valence-corrected chi connectivity index (χ3v) is 5.14. The Bertz CT molecular complexity index is 501. The lowest BCUT2D eigenvalue weighted by molar-refractivity contribution is -0.131. The van der Waals surface area contributed by atoms with Crippen molar-refractivity contribution in [3.8, 4) is 0 Å². The van der Waals surface area contributed by atoms with Gasteiger partial charge in [-0.05, 0) is 33.9 Å². The van der Waals surface area contributed by atoms with Gasteiger partial charge in [0.15, 0.2) is 5.78 Å². The highest BCUT2D eigenvalue weighted by Gasteiger charge is 2.41. The third kappa shape index (κ3) is 2.63. The number of ketones is 1. The van der Waals surface area contributed by atoms with E-state index in [0.29, 0.717) is 11.4 Å². The number of rotatable bonds is 4. The lowest BCUT2D eigenvalue weighted by Crippen LogP contribution is -2.53. The van der Waals surface area contributed by atoms with E-state index in [0.717, 1.165) is 37.1 Å². The summed E-state index contributed by atoms with van der Waals surface area (Å²) in [5, 5.41) is 4.93. The molecule has 0 radical (unpaired) electrons. The van der Waals surface area contributed by atoms with Crippen LogP contribution < -0.4 is 0 Å². The monoisotopic (exact) mass is 297 g/mol. The summed E-state index contributed by atoms with van der Waals surface area (Å²) in [7, 11) is 5.88. The molecule has 0 amide bonds. The van der Waals surface area contributed by atoms with E-state index in [9.17, 15) is 4.79 Å². The molecule has 1 saturated carbocycles. The molecule has 0 atom stereocenters. The van der Waals surface area contributed by atoms with Gasteiger partial charge >= 0.3 is 0 Å².